The molecule has 0 spiro atoms. The number of imidazole rings is 1. The van der Waals surface area contributed by atoms with Crippen molar-refractivity contribution in [1.82, 2.24) is 14.9 Å². The van der Waals surface area contributed by atoms with E-state index in [-0.39, 0.29) is 11.9 Å². The Morgan fingerprint density at radius 3 is 2.43 bits per heavy atom. The molecule has 1 N–H and O–H groups in total. The molecule has 0 saturated carbocycles. The van der Waals surface area contributed by atoms with Crippen LogP contribution in [0.2, 0.25) is 0 Å². The summed E-state index contributed by atoms with van der Waals surface area (Å²) in [6.45, 7) is 4.63. The number of carbonyl (C=O) groups is 1. The highest BCUT2D eigenvalue weighted by Gasteiger charge is 2.19. The van der Waals surface area contributed by atoms with Gasteiger partial charge in [0.1, 0.15) is 11.6 Å². The maximum Gasteiger partial charge on any atom is 0.251 e. The van der Waals surface area contributed by atoms with Gasteiger partial charge in [-0.1, -0.05) is 42.0 Å². The number of methoxy groups -OCH3 is 1. The number of aryl methyl sites for hydroxylation is 1. The smallest absolute Gasteiger partial charge is 0.251 e. The third kappa shape index (κ3) is 4.06. The number of carbonyl (C=O) groups excluding carboxylic acids is 1. The van der Waals surface area contributed by atoms with E-state index in [4.69, 9.17) is 9.72 Å². The Balaban J connectivity index is 1.64. The van der Waals surface area contributed by atoms with Crippen LogP contribution in [0.1, 0.15) is 40.3 Å². The number of benzene rings is 3. The summed E-state index contributed by atoms with van der Waals surface area (Å²) in [4.78, 5) is 17.6. The van der Waals surface area contributed by atoms with Crippen molar-refractivity contribution in [3.05, 3.63) is 95.3 Å². The van der Waals surface area contributed by atoms with Gasteiger partial charge in [0.2, 0.25) is 0 Å². The molecule has 5 heteroatoms. The lowest BCUT2D eigenvalue weighted by atomic mass is 10.1. The topological polar surface area (TPSA) is 56.1 Å². The van der Waals surface area contributed by atoms with Crippen molar-refractivity contribution >= 4 is 16.9 Å². The van der Waals surface area contributed by atoms with Gasteiger partial charge in [-0.2, -0.15) is 0 Å². The van der Waals surface area contributed by atoms with Crippen molar-refractivity contribution in [3.8, 4) is 5.75 Å². The maximum absolute atomic E-state index is 12.7. The largest absolute Gasteiger partial charge is 0.497 e. The molecule has 4 rings (SSSR count). The Kier molecular flexibility index (Phi) is 5.53. The first-order valence-corrected chi connectivity index (χ1v) is 10.0. The van der Waals surface area contributed by atoms with E-state index < -0.39 is 0 Å². The number of nitrogens with one attached hydrogen (secondary N) is 1. The molecule has 0 aliphatic rings. The molecule has 30 heavy (non-hydrogen) atoms. The lowest BCUT2D eigenvalue weighted by Crippen LogP contribution is -2.28. The lowest BCUT2D eigenvalue weighted by molar-refractivity contribution is 0.0938. The fourth-order valence-corrected chi connectivity index (χ4v) is 3.55. The number of nitrogens with zero attached hydrogens (tertiary/aromatic N) is 2. The van der Waals surface area contributed by atoms with E-state index in [1.54, 1.807) is 7.11 Å². The van der Waals surface area contributed by atoms with Gasteiger partial charge in [0.15, 0.2) is 0 Å². The van der Waals surface area contributed by atoms with E-state index in [0.29, 0.717) is 12.1 Å². The van der Waals surface area contributed by atoms with Crippen molar-refractivity contribution in [2.75, 3.05) is 7.11 Å². The molecular formula is C25H25N3O2. The van der Waals surface area contributed by atoms with Crippen molar-refractivity contribution in [2.24, 2.45) is 0 Å². The molecule has 0 aliphatic heterocycles. The molecule has 1 atom stereocenters. The van der Waals surface area contributed by atoms with Crippen LogP contribution in [-0.4, -0.2) is 22.6 Å². The zero-order chi connectivity index (χ0) is 21.1. The van der Waals surface area contributed by atoms with Crippen LogP contribution >= 0.6 is 0 Å². The molecule has 4 aromatic rings. The van der Waals surface area contributed by atoms with Crippen LogP contribution in [0.5, 0.6) is 5.75 Å². The fraction of sp³-hybridized carbons (Fsp3) is 0.200. The maximum atomic E-state index is 12.7. The Morgan fingerprint density at radius 1 is 1.03 bits per heavy atom. The molecule has 3 aromatic carbocycles. The summed E-state index contributed by atoms with van der Waals surface area (Å²) in [5.74, 6) is 1.55. The van der Waals surface area contributed by atoms with E-state index in [9.17, 15) is 4.79 Å². The third-order valence-corrected chi connectivity index (χ3v) is 5.23. The van der Waals surface area contributed by atoms with Crippen LogP contribution in [0.4, 0.5) is 0 Å². The summed E-state index contributed by atoms with van der Waals surface area (Å²) in [7, 11) is 1.66. The van der Waals surface area contributed by atoms with E-state index in [0.717, 1.165) is 33.7 Å². The number of amides is 1. The normalized spacial score (nSPS) is 12.0. The summed E-state index contributed by atoms with van der Waals surface area (Å²) in [5, 5.41) is 3.10. The zero-order valence-corrected chi connectivity index (χ0v) is 17.4. The van der Waals surface area contributed by atoms with Crippen LogP contribution in [0.15, 0.2) is 72.8 Å². The second-order valence-electron chi connectivity index (χ2n) is 7.45. The number of para-hydroxylation sites is 2. The highest BCUT2D eigenvalue weighted by Crippen LogP contribution is 2.23. The number of hydrogen-bond donors (Lipinski definition) is 1. The minimum absolute atomic E-state index is 0.106. The van der Waals surface area contributed by atoms with Crippen molar-refractivity contribution < 1.29 is 9.53 Å². The standard InChI is InChI=1S/C25H25N3O2/c1-17-8-12-20(13-9-17)25(29)26-18(2)24-27-22-6-4-5-7-23(22)28(24)16-19-10-14-21(30-3)15-11-19/h4-15,18H,16H2,1-3H3,(H,26,29). The first-order chi connectivity index (χ1) is 14.5. The molecule has 1 heterocycles. The van der Waals surface area contributed by atoms with Gasteiger partial charge in [-0.15, -0.1) is 0 Å². The first kappa shape index (κ1) is 19.7. The molecule has 1 aromatic heterocycles. The number of aromatic nitrogens is 2. The minimum Gasteiger partial charge on any atom is -0.497 e. The molecule has 5 nitrogen and oxygen atoms in total. The van der Waals surface area contributed by atoms with Crippen LogP contribution in [0.25, 0.3) is 11.0 Å². The van der Waals surface area contributed by atoms with E-state index in [2.05, 4.69) is 16.0 Å². The van der Waals surface area contributed by atoms with E-state index in [1.807, 2.05) is 80.6 Å². The van der Waals surface area contributed by atoms with Gasteiger partial charge in [-0.3, -0.25) is 4.79 Å². The van der Waals surface area contributed by atoms with Crippen LogP contribution < -0.4 is 10.1 Å². The number of ether oxygens (including phenoxy) is 1. The van der Waals surface area contributed by atoms with E-state index in [1.165, 1.54) is 0 Å². The number of fused-ring (bicyclic) bond motifs is 1. The summed E-state index contributed by atoms with van der Waals surface area (Å²) in [6.07, 6.45) is 0. The van der Waals surface area contributed by atoms with Crippen LogP contribution in [-0.2, 0) is 6.54 Å². The Bertz CT molecular complexity index is 1160. The Morgan fingerprint density at radius 2 is 1.73 bits per heavy atom. The summed E-state index contributed by atoms with van der Waals surface area (Å²) >= 11 is 0. The summed E-state index contributed by atoms with van der Waals surface area (Å²) in [5.41, 5.74) is 4.86. The Labute approximate surface area is 176 Å². The Hall–Kier alpha value is -3.60. The molecule has 0 radical (unpaired) electrons. The van der Waals surface area contributed by atoms with Gasteiger partial charge >= 0.3 is 0 Å². The molecule has 0 bridgehead atoms. The van der Waals surface area contributed by atoms with Gasteiger partial charge in [0.05, 0.1) is 24.2 Å². The molecule has 0 saturated heterocycles. The minimum atomic E-state index is -0.246. The molecule has 0 fully saturated rings. The second-order valence-corrected chi connectivity index (χ2v) is 7.45. The number of rotatable bonds is 6. The monoisotopic (exact) mass is 399 g/mol. The molecule has 1 unspecified atom stereocenters. The fourth-order valence-electron chi connectivity index (χ4n) is 3.55. The highest BCUT2D eigenvalue weighted by molar-refractivity contribution is 5.94. The van der Waals surface area contributed by atoms with Crippen LogP contribution in [0.3, 0.4) is 0 Å². The third-order valence-electron chi connectivity index (χ3n) is 5.23. The average Bonchev–Trinajstić information content (AvgIpc) is 3.13. The van der Waals surface area contributed by atoms with E-state index >= 15 is 0 Å². The second kappa shape index (κ2) is 8.41. The van der Waals surface area contributed by atoms with Gasteiger partial charge < -0.3 is 14.6 Å². The SMILES string of the molecule is COc1ccc(Cn2c(C(C)NC(=O)c3ccc(C)cc3)nc3ccccc32)cc1. The van der Waals surface area contributed by atoms with Crippen LogP contribution in [0, 0.1) is 6.92 Å². The van der Waals surface area contributed by atoms with Gasteiger partial charge in [0, 0.05) is 12.1 Å². The molecule has 152 valence electrons. The molecular weight excluding hydrogens is 374 g/mol. The van der Waals surface area contributed by atoms with Crippen molar-refractivity contribution in [1.29, 1.82) is 0 Å². The molecule has 0 aliphatic carbocycles. The highest BCUT2D eigenvalue weighted by atomic mass is 16.5. The molecule has 1 amide bonds. The lowest BCUT2D eigenvalue weighted by Gasteiger charge is -2.17. The van der Waals surface area contributed by atoms with Gasteiger partial charge in [0.25, 0.3) is 5.91 Å². The van der Waals surface area contributed by atoms with Gasteiger partial charge in [-0.25, -0.2) is 4.98 Å². The first-order valence-electron chi connectivity index (χ1n) is 10.0. The quantitative estimate of drug-likeness (QED) is 0.502. The van der Waals surface area contributed by atoms with Crippen molar-refractivity contribution in [3.63, 3.8) is 0 Å². The zero-order valence-electron chi connectivity index (χ0n) is 17.4. The predicted molar refractivity (Wildman–Crippen MR) is 119 cm³/mol. The van der Waals surface area contributed by atoms with Crippen molar-refractivity contribution in [2.45, 2.75) is 26.4 Å². The number of hydrogen-bond acceptors (Lipinski definition) is 3. The summed E-state index contributed by atoms with van der Waals surface area (Å²) in [6, 6.07) is 23.4. The predicted octanol–water partition coefficient (Wildman–Crippen LogP) is 4.89. The summed E-state index contributed by atoms with van der Waals surface area (Å²) < 4.78 is 7.43. The van der Waals surface area contributed by atoms with Gasteiger partial charge in [-0.05, 0) is 55.8 Å². The average molecular weight is 399 g/mol.